The molecule has 4 nitrogen and oxygen atoms in total. The molecular weight excluding hydrogens is 170 g/mol. The normalized spacial score (nSPS) is 30.9. The first-order valence-corrected chi connectivity index (χ1v) is 4.83. The van der Waals surface area contributed by atoms with E-state index >= 15 is 0 Å². The van der Waals surface area contributed by atoms with Gasteiger partial charge in [0.25, 0.3) is 0 Å². The van der Waals surface area contributed by atoms with Crippen molar-refractivity contribution in [1.82, 2.24) is 5.32 Å². The number of nitrogens with one attached hydrogen (secondary N) is 1. The summed E-state index contributed by atoms with van der Waals surface area (Å²) in [6.07, 6.45) is 4.42. The van der Waals surface area contributed by atoms with Crippen LogP contribution in [0.3, 0.4) is 0 Å². The van der Waals surface area contributed by atoms with Gasteiger partial charge >= 0.3 is 6.16 Å². The minimum Gasteiger partial charge on any atom is -0.450 e. The van der Waals surface area contributed by atoms with Gasteiger partial charge in [-0.2, -0.15) is 0 Å². The molecule has 1 saturated heterocycles. The Balaban J connectivity index is 1.89. The van der Waals surface area contributed by atoms with Crippen LogP contribution >= 0.6 is 0 Å². The highest BCUT2D eigenvalue weighted by Crippen LogP contribution is 2.44. The van der Waals surface area contributed by atoms with Gasteiger partial charge in [0.15, 0.2) is 6.23 Å². The second-order valence-corrected chi connectivity index (χ2v) is 4.16. The summed E-state index contributed by atoms with van der Waals surface area (Å²) < 4.78 is 4.70. The number of carboxylic acid groups (broad SMARTS) is 1. The predicted molar refractivity (Wildman–Crippen MR) is 46.4 cm³/mol. The summed E-state index contributed by atoms with van der Waals surface area (Å²) in [6, 6.07) is 0. The summed E-state index contributed by atoms with van der Waals surface area (Å²) in [7, 11) is 0. The van der Waals surface area contributed by atoms with Crippen LogP contribution in [0.2, 0.25) is 0 Å². The molecule has 1 spiro atoms. The number of carbonyl (C=O) groups is 1. The summed E-state index contributed by atoms with van der Waals surface area (Å²) >= 11 is 0. The van der Waals surface area contributed by atoms with Gasteiger partial charge in [-0.3, -0.25) is 5.32 Å². The van der Waals surface area contributed by atoms with Gasteiger partial charge in [0, 0.05) is 13.0 Å². The fourth-order valence-electron chi connectivity index (χ4n) is 2.58. The molecule has 1 atom stereocenters. The third kappa shape index (κ3) is 1.77. The summed E-state index contributed by atoms with van der Waals surface area (Å²) in [5, 5.41) is 11.6. The van der Waals surface area contributed by atoms with E-state index in [-0.39, 0.29) is 6.23 Å². The molecule has 4 heteroatoms. The van der Waals surface area contributed by atoms with Gasteiger partial charge < -0.3 is 9.84 Å². The van der Waals surface area contributed by atoms with Crippen LogP contribution in [0.4, 0.5) is 4.79 Å². The van der Waals surface area contributed by atoms with Crippen molar-refractivity contribution in [3.05, 3.63) is 0 Å². The highest BCUT2D eigenvalue weighted by atomic mass is 16.7. The first-order valence-electron chi connectivity index (χ1n) is 4.83. The molecule has 1 unspecified atom stereocenters. The molecule has 1 heterocycles. The molecular formula is C9H15NO3. The van der Waals surface area contributed by atoms with Gasteiger partial charge in [-0.25, -0.2) is 4.79 Å². The van der Waals surface area contributed by atoms with E-state index in [1.807, 2.05) is 0 Å². The molecule has 0 amide bonds. The monoisotopic (exact) mass is 185 g/mol. The Kier molecular flexibility index (Phi) is 2.15. The van der Waals surface area contributed by atoms with Crippen LogP contribution in [-0.2, 0) is 4.74 Å². The summed E-state index contributed by atoms with van der Waals surface area (Å²) in [4.78, 5) is 10.3. The lowest BCUT2D eigenvalue weighted by molar-refractivity contribution is 0.0412. The van der Waals surface area contributed by atoms with Crippen LogP contribution < -0.4 is 5.32 Å². The second kappa shape index (κ2) is 3.18. The fraction of sp³-hybridized carbons (Fsp3) is 0.889. The summed E-state index contributed by atoms with van der Waals surface area (Å²) in [5.41, 5.74) is 0.347. The minimum atomic E-state index is -1.17. The van der Waals surface area contributed by atoms with E-state index in [4.69, 9.17) is 9.84 Å². The average molecular weight is 185 g/mol. The quantitative estimate of drug-likeness (QED) is 0.609. The smallest absolute Gasteiger partial charge is 0.450 e. The molecule has 1 aliphatic heterocycles. The number of rotatable bonds is 1. The maximum Gasteiger partial charge on any atom is 0.507 e. The third-order valence-corrected chi connectivity index (χ3v) is 3.23. The molecule has 2 rings (SSSR count). The molecule has 0 bridgehead atoms. The lowest BCUT2D eigenvalue weighted by Crippen LogP contribution is -2.26. The molecule has 2 N–H and O–H groups in total. The van der Waals surface area contributed by atoms with E-state index in [0.717, 1.165) is 13.0 Å². The third-order valence-electron chi connectivity index (χ3n) is 3.23. The maximum absolute atomic E-state index is 10.3. The molecule has 0 aromatic rings. The van der Waals surface area contributed by atoms with Gasteiger partial charge in [-0.15, -0.1) is 0 Å². The Morgan fingerprint density at radius 2 is 2.15 bits per heavy atom. The molecule has 0 aromatic heterocycles. The lowest BCUT2D eigenvalue weighted by Gasteiger charge is -2.20. The topological polar surface area (TPSA) is 58.6 Å². The highest BCUT2D eigenvalue weighted by Gasteiger charge is 2.42. The Labute approximate surface area is 77.3 Å². The largest absolute Gasteiger partial charge is 0.507 e. The maximum atomic E-state index is 10.3. The average Bonchev–Trinajstić information content (AvgIpc) is 2.63. The first-order chi connectivity index (χ1) is 6.20. The molecule has 1 saturated carbocycles. The van der Waals surface area contributed by atoms with Crippen LogP contribution in [0.5, 0.6) is 0 Å². The van der Waals surface area contributed by atoms with E-state index < -0.39 is 6.16 Å². The van der Waals surface area contributed by atoms with Crippen LogP contribution in [-0.4, -0.2) is 24.0 Å². The molecule has 2 fully saturated rings. The summed E-state index contributed by atoms with van der Waals surface area (Å²) in [6.45, 7) is 0.922. The van der Waals surface area contributed by atoms with E-state index in [1.165, 1.54) is 25.7 Å². The Morgan fingerprint density at radius 1 is 1.46 bits per heavy atom. The van der Waals surface area contributed by atoms with Crippen molar-refractivity contribution >= 4 is 6.16 Å². The van der Waals surface area contributed by atoms with Gasteiger partial charge in [0.2, 0.25) is 0 Å². The SMILES string of the molecule is O=C(O)OC1CC2(CCCC2)CN1. The standard InChI is InChI=1S/C9H15NO3/c11-8(12)13-7-5-9(6-10-7)3-1-2-4-9/h7,10H,1-6H2,(H,11,12). The zero-order valence-corrected chi connectivity index (χ0v) is 7.58. The van der Waals surface area contributed by atoms with Crippen LogP contribution in [0.1, 0.15) is 32.1 Å². The Bertz CT molecular complexity index is 211. The summed E-state index contributed by atoms with van der Waals surface area (Å²) in [5.74, 6) is 0. The van der Waals surface area contributed by atoms with E-state index in [0.29, 0.717) is 5.41 Å². The van der Waals surface area contributed by atoms with Crippen LogP contribution in [0.25, 0.3) is 0 Å². The van der Waals surface area contributed by atoms with Crippen molar-refractivity contribution in [2.45, 2.75) is 38.3 Å². The van der Waals surface area contributed by atoms with E-state index in [9.17, 15) is 4.79 Å². The molecule has 0 radical (unpaired) electrons. The fourth-order valence-corrected chi connectivity index (χ4v) is 2.58. The van der Waals surface area contributed by atoms with Crippen LogP contribution in [0, 0.1) is 5.41 Å². The molecule has 13 heavy (non-hydrogen) atoms. The minimum absolute atomic E-state index is 0.268. The van der Waals surface area contributed by atoms with Gasteiger partial charge in [-0.05, 0) is 18.3 Å². The first kappa shape index (κ1) is 8.81. The van der Waals surface area contributed by atoms with Crippen molar-refractivity contribution in [2.75, 3.05) is 6.54 Å². The van der Waals surface area contributed by atoms with Crippen LogP contribution in [0.15, 0.2) is 0 Å². The highest BCUT2D eigenvalue weighted by molar-refractivity contribution is 5.57. The van der Waals surface area contributed by atoms with Crippen molar-refractivity contribution in [3.8, 4) is 0 Å². The number of hydrogen-bond donors (Lipinski definition) is 2. The van der Waals surface area contributed by atoms with Crippen molar-refractivity contribution in [2.24, 2.45) is 5.41 Å². The van der Waals surface area contributed by atoms with Crippen molar-refractivity contribution in [3.63, 3.8) is 0 Å². The van der Waals surface area contributed by atoms with Gasteiger partial charge in [0.05, 0.1) is 0 Å². The zero-order chi connectivity index (χ0) is 9.31. The molecule has 1 aliphatic carbocycles. The van der Waals surface area contributed by atoms with E-state index in [2.05, 4.69) is 5.32 Å². The Hall–Kier alpha value is -0.770. The molecule has 74 valence electrons. The van der Waals surface area contributed by atoms with Gasteiger partial charge in [-0.1, -0.05) is 12.8 Å². The second-order valence-electron chi connectivity index (χ2n) is 4.16. The predicted octanol–water partition coefficient (Wildman–Crippen LogP) is 1.56. The molecule has 2 aliphatic rings. The van der Waals surface area contributed by atoms with Crippen molar-refractivity contribution < 1.29 is 14.6 Å². The van der Waals surface area contributed by atoms with Crippen molar-refractivity contribution in [1.29, 1.82) is 0 Å². The van der Waals surface area contributed by atoms with E-state index in [1.54, 1.807) is 0 Å². The molecule has 0 aromatic carbocycles. The lowest BCUT2D eigenvalue weighted by atomic mass is 9.85. The zero-order valence-electron chi connectivity index (χ0n) is 7.58. The van der Waals surface area contributed by atoms with Gasteiger partial charge in [0.1, 0.15) is 0 Å². The number of hydrogen-bond acceptors (Lipinski definition) is 3. The Morgan fingerprint density at radius 3 is 2.77 bits per heavy atom. The number of ether oxygens (including phenoxy) is 1.